The molecular weight excluding hydrogens is 437 g/mol. The van der Waals surface area contributed by atoms with E-state index in [0.717, 1.165) is 19.3 Å². The Kier molecular flexibility index (Phi) is 17.9. The Morgan fingerprint density at radius 2 is 1.64 bits per heavy atom. The average molecular weight is 457 g/mol. The number of aliphatic carboxylic acids is 1. The molecule has 0 saturated heterocycles. The molecule has 1 N–H and O–H groups in total. The van der Waals surface area contributed by atoms with Crippen LogP contribution in [0.3, 0.4) is 0 Å². The van der Waals surface area contributed by atoms with Crippen LogP contribution in [0.15, 0.2) is 0 Å². The summed E-state index contributed by atoms with van der Waals surface area (Å²) in [5, 5.41) is 8.37. The molecule has 2 nitrogen and oxygen atoms in total. The zero-order valence-corrected chi connectivity index (χ0v) is 16.4. The van der Waals surface area contributed by atoms with Crippen molar-refractivity contribution in [3.05, 3.63) is 0 Å². The summed E-state index contributed by atoms with van der Waals surface area (Å²) in [6.07, 6.45) is 4.53. The Morgan fingerprint density at radius 1 is 1.14 bits per heavy atom. The van der Waals surface area contributed by atoms with Crippen molar-refractivity contribution >= 4 is 5.97 Å². The molecule has 0 aromatic heterocycles. The van der Waals surface area contributed by atoms with Crippen molar-refractivity contribution in [1.82, 2.24) is 0 Å². The van der Waals surface area contributed by atoms with E-state index in [4.69, 9.17) is 5.11 Å². The molecular formula is C10H20NdO2Pr. The summed E-state index contributed by atoms with van der Waals surface area (Å²) in [5.41, 5.74) is 0.392. The summed E-state index contributed by atoms with van der Waals surface area (Å²) in [7, 11) is 0. The topological polar surface area (TPSA) is 37.3 Å². The van der Waals surface area contributed by atoms with Crippen LogP contribution < -0.4 is 0 Å². The predicted molar refractivity (Wildman–Crippen MR) is 50.2 cm³/mol. The van der Waals surface area contributed by atoms with Crippen LogP contribution in [0.4, 0.5) is 0 Å². The predicted octanol–water partition coefficient (Wildman–Crippen LogP) is 3.07. The summed E-state index contributed by atoms with van der Waals surface area (Å²) >= 11 is 0. The molecule has 0 spiro atoms. The van der Waals surface area contributed by atoms with E-state index in [2.05, 4.69) is 20.8 Å². The maximum atomic E-state index is 10.2. The molecule has 79 valence electrons. The summed E-state index contributed by atoms with van der Waals surface area (Å²) in [6.45, 7) is 6.64. The minimum atomic E-state index is -0.675. The van der Waals surface area contributed by atoms with E-state index < -0.39 is 5.97 Å². The number of unbranched alkanes of at least 4 members (excludes halogenated alkanes) is 2. The SMILES string of the molecule is CC(C)(C)CCCCCC(=O)O.[Nd].[Pr]. The fraction of sp³-hybridized carbons (Fsp3) is 0.900. The van der Waals surface area contributed by atoms with Gasteiger partial charge in [0.05, 0.1) is 0 Å². The van der Waals surface area contributed by atoms with Crippen molar-refractivity contribution in [3.63, 3.8) is 0 Å². The minimum Gasteiger partial charge on any atom is -0.481 e. The van der Waals surface area contributed by atoms with Crippen LogP contribution in [0.5, 0.6) is 0 Å². The van der Waals surface area contributed by atoms with Gasteiger partial charge in [-0.3, -0.25) is 4.79 Å². The molecule has 0 bridgehead atoms. The average Bonchev–Trinajstić information content (AvgIpc) is 1.83. The van der Waals surface area contributed by atoms with Crippen molar-refractivity contribution in [1.29, 1.82) is 0 Å². The largest absolute Gasteiger partial charge is 0.481 e. The molecule has 0 unspecified atom stereocenters. The molecule has 0 saturated carbocycles. The normalized spacial score (nSPS) is 9.93. The van der Waals surface area contributed by atoms with E-state index in [1.807, 2.05) is 0 Å². The zero-order chi connectivity index (χ0) is 9.61. The Morgan fingerprint density at radius 3 is 2.00 bits per heavy atom. The standard InChI is InChI=1S/C10H20O2.Nd.Pr/c1-10(2,3)8-6-4-5-7-9(11)12;;/h4-8H2,1-3H3,(H,11,12);;. The summed E-state index contributed by atoms with van der Waals surface area (Å²) in [4.78, 5) is 10.2. The third-order valence-electron chi connectivity index (χ3n) is 1.82. The van der Waals surface area contributed by atoms with Crippen LogP contribution in [-0.4, -0.2) is 11.1 Å². The van der Waals surface area contributed by atoms with E-state index >= 15 is 0 Å². The van der Waals surface area contributed by atoms with Gasteiger partial charge >= 0.3 is 5.97 Å². The van der Waals surface area contributed by atoms with Crippen molar-refractivity contribution in [3.8, 4) is 0 Å². The first kappa shape index (κ1) is 21.5. The van der Waals surface area contributed by atoms with Crippen molar-refractivity contribution < 1.29 is 92.0 Å². The second-order valence-corrected chi connectivity index (χ2v) is 4.52. The Balaban J connectivity index is -0.000000605. The van der Waals surface area contributed by atoms with E-state index in [-0.39, 0.29) is 82.1 Å². The first-order valence-corrected chi connectivity index (χ1v) is 4.63. The van der Waals surface area contributed by atoms with Gasteiger partial charge in [0, 0.05) is 88.6 Å². The van der Waals surface area contributed by atoms with Crippen LogP contribution in [-0.2, 0) is 4.79 Å². The van der Waals surface area contributed by atoms with Crippen molar-refractivity contribution in [2.24, 2.45) is 5.41 Å². The van der Waals surface area contributed by atoms with Gasteiger partial charge in [0.15, 0.2) is 0 Å². The van der Waals surface area contributed by atoms with Gasteiger partial charge in [0.2, 0.25) is 0 Å². The molecule has 0 rings (SSSR count). The molecule has 0 aromatic rings. The second kappa shape index (κ2) is 11.7. The molecule has 0 fully saturated rings. The van der Waals surface area contributed by atoms with Crippen LogP contribution in [0.1, 0.15) is 52.9 Å². The number of carboxylic acids is 1. The second-order valence-electron chi connectivity index (χ2n) is 4.52. The van der Waals surface area contributed by atoms with Gasteiger partial charge in [0.25, 0.3) is 0 Å². The van der Waals surface area contributed by atoms with Crippen LogP contribution in [0.25, 0.3) is 0 Å². The fourth-order valence-corrected chi connectivity index (χ4v) is 1.11. The quantitative estimate of drug-likeness (QED) is 0.645. The molecule has 0 aliphatic heterocycles. The number of carboxylic acid groups (broad SMARTS) is 1. The van der Waals surface area contributed by atoms with Crippen LogP contribution in [0.2, 0.25) is 0 Å². The van der Waals surface area contributed by atoms with E-state index in [1.54, 1.807) is 0 Å². The molecule has 14 heavy (non-hydrogen) atoms. The Bertz CT molecular complexity index is 144. The molecule has 0 atom stereocenters. The third kappa shape index (κ3) is 19.7. The minimum absolute atomic E-state index is 0. The van der Waals surface area contributed by atoms with Crippen molar-refractivity contribution in [2.75, 3.05) is 0 Å². The van der Waals surface area contributed by atoms with Gasteiger partial charge in [-0.05, 0) is 18.3 Å². The van der Waals surface area contributed by atoms with Crippen LogP contribution >= 0.6 is 0 Å². The molecule has 0 heterocycles. The first-order valence-electron chi connectivity index (χ1n) is 4.63. The number of carbonyl (C=O) groups is 1. The molecule has 4 heteroatoms. The number of hydrogen-bond acceptors (Lipinski definition) is 1. The smallest absolute Gasteiger partial charge is 0.303 e. The van der Waals surface area contributed by atoms with Gasteiger partial charge in [-0.2, -0.15) is 0 Å². The Hall–Kier alpha value is 2.18. The van der Waals surface area contributed by atoms with Gasteiger partial charge in [-0.1, -0.05) is 33.6 Å². The number of hydrogen-bond donors (Lipinski definition) is 1. The summed E-state index contributed by atoms with van der Waals surface area (Å²) in [6, 6.07) is 0. The van der Waals surface area contributed by atoms with Crippen LogP contribution in [0, 0.1) is 87.5 Å². The monoisotopic (exact) mass is 455 g/mol. The van der Waals surface area contributed by atoms with E-state index in [9.17, 15) is 4.79 Å². The van der Waals surface area contributed by atoms with E-state index in [0.29, 0.717) is 11.8 Å². The summed E-state index contributed by atoms with van der Waals surface area (Å²) in [5.74, 6) is -0.675. The number of rotatable bonds is 5. The Labute approximate surface area is 153 Å². The van der Waals surface area contributed by atoms with E-state index in [1.165, 1.54) is 6.42 Å². The molecule has 0 amide bonds. The third-order valence-corrected chi connectivity index (χ3v) is 1.82. The maximum absolute atomic E-state index is 10.2. The maximum Gasteiger partial charge on any atom is 0.303 e. The van der Waals surface area contributed by atoms with Gasteiger partial charge < -0.3 is 5.11 Å². The molecule has 0 aromatic carbocycles. The molecule has 0 aliphatic carbocycles. The molecule has 1 radical (unpaired) electrons. The fourth-order valence-electron chi connectivity index (χ4n) is 1.11. The van der Waals surface area contributed by atoms with Gasteiger partial charge in [0.1, 0.15) is 0 Å². The summed E-state index contributed by atoms with van der Waals surface area (Å²) < 4.78 is 0. The van der Waals surface area contributed by atoms with Gasteiger partial charge in [-0.25, -0.2) is 0 Å². The van der Waals surface area contributed by atoms with Gasteiger partial charge in [-0.15, -0.1) is 0 Å². The zero-order valence-electron chi connectivity index (χ0n) is 9.47. The first-order chi connectivity index (χ1) is 5.42. The van der Waals surface area contributed by atoms with Crippen molar-refractivity contribution in [2.45, 2.75) is 52.9 Å². The molecule has 0 aliphatic rings.